The third-order valence-electron chi connectivity index (χ3n) is 3.74. The maximum absolute atomic E-state index is 2.58. The van der Waals surface area contributed by atoms with Crippen LogP contribution in [0.5, 0.6) is 0 Å². The van der Waals surface area contributed by atoms with E-state index in [2.05, 4.69) is 19.9 Å². The molecule has 2 rings (SSSR count). The van der Waals surface area contributed by atoms with Gasteiger partial charge in [-0.1, -0.05) is 38.3 Å². The lowest BCUT2D eigenvalue weighted by atomic mass is 9.79. The largest absolute Gasteiger partial charge is 0.0822 e. The molecule has 0 amide bonds. The molecule has 0 aromatic carbocycles. The van der Waals surface area contributed by atoms with Gasteiger partial charge in [0, 0.05) is 0 Å². The van der Waals surface area contributed by atoms with Gasteiger partial charge in [0.1, 0.15) is 0 Å². The minimum atomic E-state index is 0.847. The highest BCUT2D eigenvalue weighted by Gasteiger charge is 2.24. The van der Waals surface area contributed by atoms with E-state index in [1.807, 2.05) is 5.57 Å². The van der Waals surface area contributed by atoms with E-state index in [-0.39, 0.29) is 0 Å². The van der Waals surface area contributed by atoms with E-state index in [1.54, 1.807) is 0 Å². The molecule has 0 spiro atoms. The first kappa shape index (κ1) is 9.30. The molecule has 1 fully saturated rings. The van der Waals surface area contributed by atoms with Crippen molar-refractivity contribution in [2.45, 2.75) is 52.4 Å². The monoisotopic (exact) mass is 178 g/mol. The molecule has 1 saturated carbocycles. The Hall–Kier alpha value is -0.260. The average Bonchev–Trinajstić information content (AvgIpc) is 2.53. The van der Waals surface area contributed by atoms with E-state index in [1.165, 1.54) is 38.5 Å². The minimum absolute atomic E-state index is 0.847. The molecule has 0 aliphatic heterocycles. The molecule has 0 aromatic heterocycles. The standard InChI is InChI=1S/C13H22/c1-10-7-11(2)9-13(8-10)12-5-3-4-6-12/h8,10-12H,3-7,9H2,1-2H3. The molecular weight excluding hydrogens is 156 g/mol. The van der Waals surface area contributed by atoms with Crippen LogP contribution in [0.3, 0.4) is 0 Å². The molecule has 2 aliphatic carbocycles. The molecule has 0 radical (unpaired) electrons. The average molecular weight is 178 g/mol. The Morgan fingerprint density at radius 2 is 1.85 bits per heavy atom. The zero-order valence-electron chi connectivity index (χ0n) is 9.05. The van der Waals surface area contributed by atoms with Crippen LogP contribution in [-0.4, -0.2) is 0 Å². The van der Waals surface area contributed by atoms with Crippen LogP contribution in [-0.2, 0) is 0 Å². The summed E-state index contributed by atoms with van der Waals surface area (Å²) in [5.41, 5.74) is 1.81. The van der Waals surface area contributed by atoms with Crippen molar-refractivity contribution in [1.82, 2.24) is 0 Å². The van der Waals surface area contributed by atoms with Crippen molar-refractivity contribution in [3.63, 3.8) is 0 Å². The van der Waals surface area contributed by atoms with E-state index < -0.39 is 0 Å². The Bertz CT molecular complexity index is 196. The Balaban J connectivity index is 2.04. The van der Waals surface area contributed by atoms with Gasteiger partial charge in [-0.05, 0) is 43.4 Å². The van der Waals surface area contributed by atoms with E-state index in [9.17, 15) is 0 Å². The van der Waals surface area contributed by atoms with Crippen molar-refractivity contribution < 1.29 is 0 Å². The summed E-state index contributed by atoms with van der Waals surface area (Å²) in [6.07, 6.45) is 11.3. The normalized spacial score (nSPS) is 36.3. The second kappa shape index (κ2) is 3.86. The van der Waals surface area contributed by atoms with Gasteiger partial charge in [-0.15, -0.1) is 0 Å². The maximum Gasteiger partial charge on any atom is -0.0203 e. The number of hydrogen-bond donors (Lipinski definition) is 0. The van der Waals surface area contributed by atoms with Gasteiger partial charge in [-0.2, -0.15) is 0 Å². The van der Waals surface area contributed by atoms with Crippen molar-refractivity contribution in [3.05, 3.63) is 11.6 Å². The molecule has 0 N–H and O–H groups in total. The van der Waals surface area contributed by atoms with Gasteiger partial charge >= 0.3 is 0 Å². The van der Waals surface area contributed by atoms with Crippen LogP contribution >= 0.6 is 0 Å². The lowest BCUT2D eigenvalue weighted by molar-refractivity contribution is 0.406. The van der Waals surface area contributed by atoms with Crippen LogP contribution in [0.15, 0.2) is 11.6 Å². The highest BCUT2D eigenvalue weighted by molar-refractivity contribution is 5.13. The predicted molar refractivity (Wildman–Crippen MR) is 57.6 cm³/mol. The third-order valence-corrected chi connectivity index (χ3v) is 3.74. The van der Waals surface area contributed by atoms with Crippen molar-refractivity contribution in [1.29, 1.82) is 0 Å². The van der Waals surface area contributed by atoms with E-state index in [0.717, 1.165) is 17.8 Å². The molecule has 2 unspecified atom stereocenters. The first-order chi connectivity index (χ1) is 6.25. The van der Waals surface area contributed by atoms with Crippen LogP contribution in [0.1, 0.15) is 52.4 Å². The topological polar surface area (TPSA) is 0 Å². The molecule has 2 atom stereocenters. The predicted octanol–water partition coefficient (Wildman–Crippen LogP) is 4.17. The van der Waals surface area contributed by atoms with Crippen LogP contribution < -0.4 is 0 Å². The van der Waals surface area contributed by atoms with Gasteiger partial charge in [0.25, 0.3) is 0 Å². The number of rotatable bonds is 1. The van der Waals surface area contributed by atoms with Gasteiger partial charge in [-0.3, -0.25) is 0 Å². The lowest BCUT2D eigenvalue weighted by Gasteiger charge is -2.27. The fraction of sp³-hybridized carbons (Fsp3) is 0.846. The van der Waals surface area contributed by atoms with E-state index in [0.29, 0.717) is 0 Å². The Morgan fingerprint density at radius 3 is 2.46 bits per heavy atom. The molecule has 0 nitrogen and oxygen atoms in total. The summed E-state index contributed by atoms with van der Waals surface area (Å²) in [6.45, 7) is 4.79. The smallest absolute Gasteiger partial charge is 0.0203 e. The van der Waals surface area contributed by atoms with E-state index >= 15 is 0 Å². The second-order valence-corrected chi connectivity index (χ2v) is 5.25. The second-order valence-electron chi connectivity index (χ2n) is 5.25. The summed E-state index contributed by atoms with van der Waals surface area (Å²) in [6, 6.07) is 0. The summed E-state index contributed by atoms with van der Waals surface area (Å²) in [5, 5.41) is 0. The van der Waals surface area contributed by atoms with Crippen molar-refractivity contribution in [2.75, 3.05) is 0 Å². The molecule has 0 saturated heterocycles. The summed E-state index contributed by atoms with van der Waals surface area (Å²) in [7, 11) is 0. The van der Waals surface area contributed by atoms with Crippen molar-refractivity contribution >= 4 is 0 Å². The quantitative estimate of drug-likeness (QED) is 0.529. The van der Waals surface area contributed by atoms with Gasteiger partial charge in [0.05, 0.1) is 0 Å². The van der Waals surface area contributed by atoms with Crippen molar-refractivity contribution in [2.24, 2.45) is 17.8 Å². The summed E-state index contributed by atoms with van der Waals surface area (Å²) in [4.78, 5) is 0. The SMILES string of the molecule is CC1C=C(C2CCCC2)CC(C)C1. The molecule has 74 valence electrons. The molecule has 2 aliphatic rings. The first-order valence-corrected chi connectivity index (χ1v) is 5.96. The van der Waals surface area contributed by atoms with Gasteiger partial charge in [-0.25, -0.2) is 0 Å². The zero-order valence-corrected chi connectivity index (χ0v) is 9.05. The molecule has 0 heterocycles. The van der Waals surface area contributed by atoms with Gasteiger partial charge < -0.3 is 0 Å². The van der Waals surface area contributed by atoms with Gasteiger partial charge in [0.15, 0.2) is 0 Å². The van der Waals surface area contributed by atoms with Gasteiger partial charge in [0.2, 0.25) is 0 Å². The summed E-state index contributed by atoms with van der Waals surface area (Å²) in [5.74, 6) is 2.76. The minimum Gasteiger partial charge on any atom is -0.0822 e. The van der Waals surface area contributed by atoms with Crippen molar-refractivity contribution in [3.8, 4) is 0 Å². The fourth-order valence-electron chi connectivity index (χ4n) is 3.22. The third kappa shape index (κ3) is 2.15. The first-order valence-electron chi connectivity index (χ1n) is 5.96. The summed E-state index contributed by atoms with van der Waals surface area (Å²) >= 11 is 0. The molecular formula is C13H22. The highest BCUT2D eigenvalue weighted by Crippen LogP contribution is 2.38. The van der Waals surface area contributed by atoms with Crippen LogP contribution in [0.2, 0.25) is 0 Å². The lowest BCUT2D eigenvalue weighted by Crippen LogP contribution is -2.13. The number of hydrogen-bond acceptors (Lipinski definition) is 0. The Labute approximate surface area is 82.4 Å². The van der Waals surface area contributed by atoms with Crippen LogP contribution in [0.4, 0.5) is 0 Å². The number of allylic oxidation sites excluding steroid dienone is 2. The molecule has 0 bridgehead atoms. The van der Waals surface area contributed by atoms with Crippen LogP contribution in [0.25, 0.3) is 0 Å². The molecule has 13 heavy (non-hydrogen) atoms. The Kier molecular flexibility index (Phi) is 2.76. The van der Waals surface area contributed by atoms with Crippen LogP contribution in [0, 0.1) is 17.8 Å². The maximum atomic E-state index is 2.58. The zero-order chi connectivity index (χ0) is 9.26. The fourth-order valence-corrected chi connectivity index (χ4v) is 3.22. The molecule has 0 heteroatoms. The molecule has 0 aromatic rings. The Morgan fingerprint density at radius 1 is 1.15 bits per heavy atom. The summed E-state index contributed by atoms with van der Waals surface area (Å²) < 4.78 is 0. The highest BCUT2D eigenvalue weighted by atomic mass is 14.3. The van der Waals surface area contributed by atoms with E-state index in [4.69, 9.17) is 0 Å².